The van der Waals surface area contributed by atoms with Gasteiger partial charge in [0.2, 0.25) is 0 Å². The zero-order valence-corrected chi connectivity index (χ0v) is 15.5. The fraction of sp³-hybridized carbons (Fsp3) is 0.263. The maximum absolute atomic E-state index is 12.6. The third-order valence-electron chi connectivity index (χ3n) is 3.84. The van der Waals surface area contributed by atoms with Gasteiger partial charge in [0, 0.05) is 0 Å². The smallest absolute Gasteiger partial charge is 0.266 e. The maximum atomic E-state index is 12.6. The number of carbonyl (C=O) groups excluding carboxylic acids is 1. The maximum Gasteiger partial charge on any atom is 0.266 e. The number of amides is 1. The molecule has 0 spiro atoms. The average molecular weight is 358 g/mol. The normalized spacial score (nSPS) is 17.1. The number of thioether (sulfide) groups is 1. The van der Waals surface area contributed by atoms with Crippen LogP contribution in [0.4, 0.5) is 0 Å². The van der Waals surface area contributed by atoms with E-state index in [0.717, 1.165) is 11.3 Å². The fourth-order valence-corrected chi connectivity index (χ4v) is 3.68. The Bertz CT molecular complexity index is 784. The highest BCUT2D eigenvalue weighted by Gasteiger charge is 2.32. The second kappa shape index (κ2) is 6.57. The first-order valence-electron chi connectivity index (χ1n) is 7.73. The molecular weight excluding hydrogens is 338 g/mol. The summed E-state index contributed by atoms with van der Waals surface area (Å²) in [5.41, 5.74) is 2.39. The van der Waals surface area contributed by atoms with Crippen LogP contribution in [0.15, 0.2) is 52.0 Å². The van der Waals surface area contributed by atoms with E-state index in [1.54, 1.807) is 17.2 Å². The number of hydrogen-bond acceptors (Lipinski definition) is 4. The van der Waals surface area contributed by atoms with E-state index in [-0.39, 0.29) is 11.3 Å². The molecule has 1 saturated heterocycles. The number of carbonyl (C=O) groups is 1. The van der Waals surface area contributed by atoms with Crippen LogP contribution in [0.5, 0.6) is 0 Å². The molecule has 1 aromatic heterocycles. The summed E-state index contributed by atoms with van der Waals surface area (Å²) in [4.78, 5) is 14.8. The Labute approximate surface area is 151 Å². The molecule has 1 amide bonds. The van der Waals surface area contributed by atoms with Gasteiger partial charge in [0.05, 0.1) is 17.7 Å². The predicted octanol–water partition coefficient (Wildman–Crippen LogP) is 4.98. The number of benzene rings is 1. The van der Waals surface area contributed by atoms with Gasteiger partial charge in [0.15, 0.2) is 0 Å². The Morgan fingerprint density at radius 2 is 1.92 bits per heavy atom. The molecule has 1 aromatic carbocycles. The quantitative estimate of drug-likeness (QED) is 0.573. The highest BCUT2D eigenvalue weighted by molar-refractivity contribution is 8.26. The highest BCUT2D eigenvalue weighted by atomic mass is 32.2. The lowest BCUT2D eigenvalue weighted by molar-refractivity contribution is -0.122. The van der Waals surface area contributed by atoms with Gasteiger partial charge in [-0.3, -0.25) is 9.69 Å². The Kier molecular flexibility index (Phi) is 4.65. The lowest BCUT2D eigenvalue weighted by Crippen LogP contribution is -2.27. The average Bonchev–Trinajstić information content (AvgIpc) is 3.12. The van der Waals surface area contributed by atoms with E-state index in [1.807, 2.05) is 24.3 Å². The van der Waals surface area contributed by atoms with Crippen LogP contribution in [0.2, 0.25) is 0 Å². The van der Waals surface area contributed by atoms with Gasteiger partial charge in [-0.25, -0.2) is 0 Å². The van der Waals surface area contributed by atoms with Crippen molar-refractivity contribution in [3.63, 3.8) is 0 Å². The van der Waals surface area contributed by atoms with Gasteiger partial charge in [-0.1, -0.05) is 69.0 Å². The van der Waals surface area contributed by atoms with Crippen LogP contribution >= 0.6 is 24.0 Å². The molecule has 0 atom stereocenters. The Morgan fingerprint density at radius 3 is 2.50 bits per heavy atom. The molecule has 1 aliphatic rings. The summed E-state index contributed by atoms with van der Waals surface area (Å²) in [5.74, 6) is 0.656. The molecule has 5 heteroatoms. The number of rotatable bonds is 3. The molecule has 3 rings (SSSR count). The van der Waals surface area contributed by atoms with Crippen LogP contribution in [0.3, 0.4) is 0 Å². The second-order valence-electron chi connectivity index (χ2n) is 6.72. The van der Waals surface area contributed by atoms with E-state index >= 15 is 0 Å². The van der Waals surface area contributed by atoms with Gasteiger partial charge < -0.3 is 4.42 Å². The fourth-order valence-electron chi connectivity index (χ4n) is 2.43. The first kappa shape index (κ1) is 17.0. The van der Waals surface area contributed by atoms with Crippen LogP contribution in [0.25, 0.3) is 6.08 Å². The molecule has 0 radical (unpaired) electrons. The zero-order valence-electron chi connectivity index (χ0n) is 13.9. The van der Waals surface area contributed by atoms with Crippen LogP contribution in [0, 0.1) is 0 Å². The van der Waals surface area contributed by atoms with Crippen LogP contribution in [-0.4, -0.2) is 15.1 Å². The summed E-state index contributed by atoms with van der Waals surface area (Å²) in [6.45, 7) is 6.92. The molecule has 1 fully saturated rings. The monoisotopic (exact) mass is 357 g/mol. The largest absolute Gasteiger partial charge is 0.467 e. The van der Waals surface area contributed by atoms with E-state index in [4.69, 9.17) is 16.6 Å². The molecule has 0 unspecified atom stereocenters. The molecule has 0 bridgehead atoms. The Balaban J connectivity index is 1.78. The number of thiocarbonyl (C=S) groups is 1. The molecule has 2 heterocycles. The minimum absolute atomic E-state index is 0.0682. The first-order valence-corrected chi connectivity index (χ1v) is 8.95. The van der Waals surface area contributed by atoms with Crippen molar-refractivity contribution in [1.29, 1.82) is 0 Å². The molecule has 1 aliphatic heterocycles. The summed E-state index contributed by atoms with van der Waals surface area (Å²) < 4.78 is 5.87. The molecule has 2 aromatic rings. The van der Waals surface area contributed by atoms with Crippen LogP contribution < -0.4 is 0 Å². The third kappa shape index (κ3) is 3.62. The second-order valence-corrected chi connectivity index (χ2v) is 8.39. The van der Waals surface area contributed by atoms with Crippen LogP contribution in [-0.2, 0) is 16.8 Å². The molecule has 0 aliphatic carbocycles. The number of nitrogens with zero attached hydrogens (tertiary/aromatic N) is 1. The van der Waals surface area contributed by atoms with Gasteiger partial charge in [-0.05, 0) is 34.8 Å². The molecular formula is C19H19NO2S2. The zero-order chi connectivity index (χ0) is 17.3. The summed E-state index contributed by atoms with van der Waals surface area (Å²) in [7, 11) is 0. The molecule has 3 nitrogen and oxygen atoms in total. The minimum Gasteiger partial charge on any atom is -0.467 e. The summed E-state index contributed by atoms with van der Waals surface area (Å²) in [6, 6.07) is 11.9. The van der Waals surface area contributed by atoms with Gasteiger partial charge in [0.25, 0.3) is 5.91 Å². The van der Waals surface area contributed by atoms with E-state index < -0.39 is 0 Å². The summed E-state index contributed by atoms with van der Waals surface area (Å²) >= 11 is 6.67. The third-order valence-corrected chi connectivity index (χ3v) is 5.22. The van der Waals surface area contributed by atoms with Crippen molar-refractivity contribution in [2.24, 2.45) is 0 Å². The van der Waals surface area contributed by atoms with Crippen molar-refractivity contribution in [3.8, 4) is 0 Å². The SMILES string of the molecule is CC(C)(C)c1ccc(C=C2SC(=S)N(Cc3ccco3)C2=O)cc1. The van der Waals surface area contributed by atoms with E-state index in [0.29, 0.717) is 15.8 Å². The van der Waals surface area contributed by atoms with Crippen molar-refractivity contribution in [3.05, 3.63) is 64.5 Å². The Hall–Kier alpha value is -1.85. The first-order chi connectivity index (χ1) is 11.3. The minimum atomic E-state index is -0.0682. The van der Waals surface area contributed by atoms with Gasteiger partial charge in [-0.15, -0.1) is 0 Å². The van der Waals surface area contributed by atoms with Crippen molar-refractivity contribution in [2.75, 3.05) is 0 Å². The molecule has 24 heavy (non-hydrogen) atoms. The van der Waals surface area contributed by atoms with Gasteiger partial charge in [-0.2, -0.15) is 0 Å². The summed E-state index contributed by atoms with van der Waals surface area (Å²) in [6.07, 6.45) is 3.49. The van der Waals surface area contributed by atoms with Crippen LogP contribution in [0.1, 0.15) is 37.7 Å². The van der Waals surface area contributed by atoms with Crippen molar-refractivity contribution in [1.82, 2.24) is 4.90 Å². The predicted molar refractivity (Wildman–Crippen MR) is 103 cm³/mol. The highest BCUT2D eigenvalue weighted by Crippen LogP contribution is 2.34. The molecule has 0 N–H and O–H groups in total. The number of furan rings is 1. The van der Waals surface area contributed by atoms with Crippen molar-refractivity contribution >= 4 is 40.3 Å². The lowest BCUT2D eigenvalue weighted by atomic mass is 9.87. The van der Waals surface area contributed by atoms with E-state index in [2.05, 4.69) is 32.9 Å². The molecule has 0 saturated carbocycles. The lowest BCUT2D eigenvalue weighted by Gasteiger charge is -2.18. The van der Waals surface area contributed by atoms with Crippen molar-refractivity contribution < 1.29 is 9.21 Å². The summed E-state index contributed by atoms with van der Waals surface area (Å²) in [5, 5.41) is 0. The van der Waals surface area contributed by atoms with Gasteiger partial charge >= 0.3 is 0 Å². The van der Waals surface area contributed by atoms with Gasteiger partial charge in [0.1, 0.15) is 10.1 Å². The topological polar surface area (TPSA) is 33.5 Å². The molecule has 124 valence electrons. The van der Waals surface area contributed by atoms with Crippen molar-refractivity contribution in [2.45, 2.75) is 32.7 Å². The standard InChI is InChI=1S/C19H19NO2S2/c1-19(2,3)14-8-6-13(7-9-14)11-16-17(21)20(18(23)24-16)12-15-5-4-10-22-15/h4-11H,12H2,1-3H3. The Morgan fingerprint density at radius 1 is 1.21 bits per heavy atom. The van der Waals surface area contributed by atoms with E-state index in [1.165, 1.54) is 17.3 Å². The van der Waals surface area contributed by atoms with E-state index in [9.17, 15) is 4.79 Å². The number of hydrogen-bond donors (Lipinski definition) is 0.